The van der Waals surface area contributed by atoms with Crippen molar-refractivity contribution in [2.75, 3.05) is 20.8 Å². The molecule has 9 heteroatoms. The Bertz CT molecular complexity index is 882. The van der Waals surface area contributed by atoms with Crippen LogP contribution in [0.15, 0.2) is 40.7 Å². The molecule has 1 heterocycles. The van der Waals surface area contributed by atoms with E-state index in [9.17, 15) is 27.6 Å². The highest BCUT2D eigenvalue weighted by Gasteiger charge is 2.41. The van der Waals surface area contributed by atoms with Gasteiger partial charge in [-0.15, -0.1) is 0 Å². The van der Waals surface area contributed by atoms with Crippen molar-refractivity contribution in [2.24, 2.45) is 0 Å². The van der Waals surface area contributed by atoms with Gasteiger partial charge in [-0.2, -0.15) is 18.4 Å². The lowest BCUT2D eigenvalue weighted by molar-refractivity contribution is -0.139. The van der Waals surface area contributed by atoms with Crippen molar-refractivity contribution in [3.8, 4) is 6.07 Å². The van der Waals surface area contributed by atoms with Gasteiger partial charge in [-0.05, 0) is 24.6 Å². The number of alkyl halides is 3. The minimum Gasteiger partial charge on any atom is -0.466 e. The fourth-order valence-corrected chi connectivity index (χ4v) is 3.13. The van der Waals surface area contributed by atoms with Gasteiger partial charge in [-0.3, -0.25) is 0 Å². The van der Waals surface area contributed by atoms with E-state index in [0.29, 0.717) is 11.8 Å². The Morgan fingerprint density at radius 1 is 1.32 bits per heavy atom. The van der Waals surface area contributed by atoms with E-state index in [1.165, 1.54) is 14.0 Å². The second kappa shape index (κ2) is 8.44. The molecule has 1 aliphatic rings. The Labute approximate surface area is 159 Å². The Kier molecular flexibility index (Phi) is 6.46. The van der Waals surface area contributed by atoms with Crippen molar-refractivity contribution in [3.63, 3.8) is 0 Å². The summed E-state index contributed by atoms with van der Waals surface area (Å²) in [7, 11) is 2.52. The van der Waals surface area contributed by atoms with Crippen molar-refractivity contribution in [1.82, 2.24) is 5.32 Å². The number of halogens is 4. The molecule has 0 bridgehead atoms. The van der Waals surface area contributed by atoms with Crippen LogP contribution in [0.2, 0.25) is 0 Å². The molecule has 5 nitrogen and oxygen atoms in total. The molecule has 1 unspecified atom stereocenters. The normalized spacial score (nSPS) is 17.3. The van der Waals surface area contributed by atoms with E-state index in [1.54, 1.807) is 0 Å². The van der Waals surface area contributed by atoms with Gasteiger partial charge in [0.2, 0.25) is 0 Å². The first kappa shape index (κ1) is 21.4. The van der Waals surface area contributed by atoms with Gasteiger partial charge < -0.3 is 14.8 Å². The van der Waals surface area contributed by atoms with Crippen LogP contribution < -0.4 is 5.32 Å². The molecule has 0 aliphatic carbocycles. The van der Waals surface area contributed by atoms with Crippen molar-refractivity contribution in [3.05, 3.63) is 57.7 Å². The van der Waals surface area contributed by atoms with E-state index in [0.717, 1.165) is 19.2 Å². The number of nitrogens with zero attached hydrogens (tertiary/aromatic N) is 1. The Hall–Kier alpha value is -2.86. The molecule has 0 fully saturated rings. The molecular weight excluding hydrogens is 380 g/mol. The fraction of sp³-hybridized carbons (Fsp3) is 0.368. The first-order valence-electron chi connectivity index (χ1n) is 8.20. The first-order chi connectivity index (χ1) is 13.1. The summed E-state index contributed by atoms with van der Waals surface area (Å²) >= 11 is 0. The number of methoxy groups -OCH3 is 2. The first-order valence-corrected chi connectivity index (χ1v) is 8.20. The summed E-state index contributed by atoms with van der Waals surface area (Å²) in [5, 5.41) is 12.5. The molecule has 0 amide bonds. The number of benzene rings is 1. The van der Waals surface area contributed by atoms with Gasteiger partial charge in [0.15, 0.2) is 0 Å². The zero-order valence-corrected chi connectivity index (χ0v) is 15.4. The van der Waals surface area contributed by atoms with Crippen LogP contribution in [-0.2, 0) is 20.4 Å². The molecule has 1 aromatic carbocycles. The van der Waals surface area contributed by atoms with Gasteiger partial charge in [0.25, 0.3) is 0 Å². The molecule has 0 saturated heterocycles. The van der Waals surface area contributed by atoms with Gasteiger partial charge in [0.05, 0.1) is 42.4 Å². The summed E-state index contributed by atoms with van der Waals surface area (Å²) in [4.78, 5) is 12.5. The van der Waals surface area contributed by atoms with Crippen molar-refractivity contribution < 1.29 is 31.8 Å². The molecule has 0 spiro atoms. The third kappa shape index (κ3) is 4.17. The monoisotopic (exact) mass is 398 g/mol. The lowest BCUT2D eigenvalue weighted by Crippen LogP contribution is -2.31. The summed E-state index contributed by atoms with van der Waals surface area (Å²) in [5.41, 5.74) is -1.30. The highest BCUT2D eigenvalue weighted by Crippen LogP contribution is 2.44. The highest BCUT2D eigenvalue weighted by atomic mass is 19.4. The average Bonchev–Trinajstić information content (AvgIpc) is 2.64. The van der Waals surface area contributed by atoms with Crippen LogP contribution in [0.1, 0.15) is 30.4 Å². The van der Waals surface area contributed by atoms with E-state index in [2.05, 4.69) is 5.32 Å². The maximum absolute atomic E-state index is 13.6. The standard InChI is InChI=1S/C19H18F4N2O3/c1-10-13(9-24)16(12-5-4-11(20)8-14(12)19(21,22)23)17(18(26)28-3)15(25-10)6-7-27-2/h4-5,8,16,25H,6-7H2,1-3H3. The summed E-state index contributed by atoms with van der Waals surface area (Å²) in [6, 6.07) is 4.02. The SMILES string of the molecule is COCCC1=C(C(=O)OC)C(c2ccc(F)cc2C(F)(F)F)C(C#N)=C(C)N1. The number of nitrogens with one attached hydrogen (secondary N) is 1. The summed E-state index contributed by atoms with van der Waals surface area (Å²) in [6.07, 6.45) is -4.71. The second-order valence-corrected chi connectivity index (χ2v) is 6.06. The smallest absolute Gasteiger partial charge is 0.416 e. The van der Waals surface area contributed by atoms with E-state index in [1.807, 2.05) is 6.07 Å². The van der Waals surface area contributed by atoms with Gasteiger partial charge >= 0.3 is 12.1 Å². The number of ether oxygens (including phenoxy) is 2. The molecule has 150 valence electrons. The topological polar surface area (TPSA) is 71.3 Å². The number of hydrogen-bond donors (Lipinski definition) is 1. The van der Waals surface area contributed by atoms with Crippen LogP contribution in [0, 0.1) is 17.1 Å². The predicted octanol–water partition coefficient (Wildman–Crippen LogP) is 3.79. The molecule has 0 saturated carbocycles. The van der Waals surface area contributed by atoms with Gasteiger partial charge in [0, 0.05) is 24.9 Å². The van der Waals surface area contributed by atoms with E-state index in [-0.39, 0.29) is 29.9 Å². The molecule has 1 N–H and O–H groups in total. The number of carbonyl (C=O) groups excluding carboxylic acids is 1. The molecule has 1 aliphatic heterocycles. The summed E-state index contributed by atoms with van der Waals surface area (Å²) in [5.74, 6) is -3.32. The third-order valence-corrected chi connectivity index (χ3v) is 4.36. The average molecular weight is 398 g/mol. The Balaban J connectivity index is 2.82. The minimum atomic E-state index is -4.88. The predicted molar refractivity (Wildman–Crippen MR) is 91.1 cm³/mol. The lowest BCUT2D eigenvalue weighted by Gasteiger charge is -2.31. The number of allylic oxidation sites excluding steroid dienone is 2. The summed E-state index contributed by atoms with van der Waals surface area (Å²) < 4.78 is 64.1. The zero-order chi connectivity index (χ0) is 21.1. The quantitative estimate of drug-likeness (QED) is 0.604. The van der Waals surface area contributed by atoms with Gasteiger partial charge in [-0.25, -0.2) is 9.18 Å². The van der Waals surface area contributed by atoms with Gasteiger partial charge in [0.1, 0.15) is 5.82 Å². The largest absolute Gasteiger partial charge is 0.466 e. The van der Waals surface area contributed by atoms with Crippen LogP contribution >= 0.6 is 0 Å². The van der Waals surface area contributed by atoms with E-state index in [4.69, 9.17) is 9.47 Å². The minimum absolute atomic E-state index is 0.0846. The summed E-state index contributed by atoms with van der Waals surface area (Å²) in [6.45, 7) is 1.70. The fourth-order valence-electron chi connectivity index (χ4n) is 3.13. The Morgan fingerprint density at radius 3 is 2.54 bits per heavy atom. The van der Waals surface area contributed by atoms with Crippen LogP contribution in [0.5, 0.6) is 0 Å². The number of rotatable bonds is 5. The van der Waals surface area contributed by atoms with Crippen LogP contribution in [0.25, 0.3) is 0 Å². The molecule has 0 aromatic heterocycles. The number of carbonyl (C=O) groups is 1. The van der Waals surface area contributed by atoms with E-state index >= 15 is 0 Å². The van der Waals surface area contributed by atoms with E-state index < -0.39 is 35.0 Å². The lowest BCUT2D eigenvalue weighted by atomic mass is 9.78. The maximum atomic E-state index is 13.6. The highest BCUT2D eigenvalue weighted by molar-refractivity contribution is 5.93. The Morgan fingerprint density at radius 2 is 2.00 bits per heavy atom. The zero-order valence-electron chi connectivity index (χ0n) is 15.4. The second-order valence-electron chi connectivity index (χ2n) is 6.06. The number of nitriles is 1. The maximum Gasteiger partial charge on any atom is 0.416 e. The number of dihydropyridines is 1. The van der Waals surface area contributed by atoms with Crippen molar-refractivity contribution in [2.45, 2.75) is 25.4 Å². The van der Waals surface area contributed by atoms with Crippen LogP contribution in [-0.4, -0.2) is 26.8 Å². The van der Waals surface area contributed by atoms with Crippen LogP contribution in [0.3, 0.4) is 0 Å². The molecule has 1 aromatic rings. The van der Waals surface area contributed by atoms with Crippen molar-refractivity contribution >= 4 is 5.97 Å². The third-order valence-electron chi connectivity index (χ3n) is 4.36. The van der Waals surface area contributed by atoms with Gasteiger partial charge in [-0.1, -0.05) is 6.07 Å². The molecule has 2 rings (SSSR count). The van der Waals surface area contributed by atoms with Crippen LogP contribution in [0.4, 0.5) is 17.6 Å². The number of hydrogen-bond acceptors (Lipinski definition) is 5. The molecular formula is C19H18F4N2O3. The molecule has 1 atom stereocenters. The molecule has 28 heavy (non-hydrogen) atoms. The van der Waals surface area contributed by atoms with Crippen molar-refractivity contribution in [1.29, 1.82) is 5.26 Å². The molecule has 0 radical (unpaired) electrons. The number of esters is 1.